The molecular weight excluding hydrogens is 323 g/mol. The molecule has 1 N–H and O–H groups in total. The number of halogens is 4. The Morgan fingerprint density at radius 2 is 2.11 bits per heavy atom. The molecule has 0 spiro atoms. The zero-order chi connectivity index (χ0) is 14.0. The number of aliphatic hydroxyl groups is 1. The molecule has 0 fully saturated rings. The predicted molar refractivity (Wildman–Crippen MR) is 68.8 cm³/mol. The average molecular weight is 332 g/mol. The van der Waals surface area contributed by atoms with Crippen LogP contribution in [0, 0.1) is 11.8 Å². The second kappa shape index (κ2) is 5.27. The smallest absolute Gasteiger partial charge is 0.384 e. The maximum Gasteiger partial charge on any atom is 0.394 e. The molecule has 0 radical (unpaired) electrons. The topological polar surface area (TPSA) is 24.6 Å². The Morgan fingerprint density at radius 3 is 2.74 bits per heavy atom. The van der Waals surface area contributed by atoms with Crippen molar-refractivity contribution < 1.29 is 18.3 Å². The van der Waals surface area contributed by atoms with Gasteiger partial charge in [0.2, 0.25) is 0 Å². The molecule has 100 valence electrons. The average Bonchev–Trinajstić information content (AvgIpc) is 2.65. The SMILES string of the molecule is OCC#Cc1cc2c(Br)cccn2c1CC(F)(F)F. The van der Waals surface area contributed by atoms with E-state index < -0.39 is 19.2 Å². The third-order valence-corrected chi connectivity index (χ3v) is 3.21. The van der Waals surface area contributed by atoms with Crippen LogP contribution in [0.5, 0.6) is 0 Å². The number of fused-ring (bicyclic) bond motifs is 1. The van der Waals surface area contributed by atoms with Crippen molar-refractivity contribution in [3.8, 4) is 11.8 Å². The molecule has 2 aromatic rings. The summed E-state index contributed by atoms with van der Waals surface area (Å²) in [6.45, 7) is -0.390. The Bertz CT molecular complexity index is 664. The zero-order valence-electron chi connectivity index (χ0n) is 9.63. The lowest BCUT2D eigenvalue weighted by Crippen LogP contribution is -2.14. The molecular formula is C13H9BrF3NO. The Labute approximate surface area is 116 Å². The maximum absolute atomic E-state index is 12.6. The summed E-state index contributed by atoms with van der Waals surface area (Å²) in [4.78, 5) is 0. The minimum Gasteiger partial charge on any atom is -0.384 e. The number of aromatic nitrogens is 1. The second-order valence-corrected chi connectivity index (χ2v) is 4.72. The van der Waals surface area contributed by atoms with E-state index in [1.165, 1.54) is 4.40 Å². The molecule has 0 bridgehead atoms. The number of hydrogen-bond donors (Lipinski definition) is 1. The van der Waals surface area contributed by atoms with Crippen LogP contribution in [0.15, 0.2) is 28.9 Å². The Kier molecular flexibility index (Phi) is 3.88. The summed E-state index contributed by atoms with van der Waals surface area (Å²) in [7, 11) is 0. The van der Waals surface area contributed by atoms with E-state index >= 15 is 0 Å². The number of aliphatic hydroxyl groups excluding tert-OH is 1. The highest BCUT2D eigenvalue weighted by atomic mass is 79.9. The molecule has 2 heterocycles. The number of hydrogen-bond acceptors (Lipinski definition) is 1. The summed E-state index contributed by atoms with van der Waals surface area (Å²) in [6, 6.07) is 4.98. The Hall–Kier alpha value is -1.45. The van der Waals surface area contributed by atoms with Gasteiger partial charge in [-0.2, -0.15) is 13.2 Å². The van der Waals surface area contributed by atoms with Crippen molar-refractivity contribution in [2.24, 2.45) is 0 Å². The van der Waals surface area contributed by atoms with E-state index in [9.17, 15) is 13.2 Å². The van der Waals surface area contributed by atoms with E-state index in [4.69, 9.17) is 5.11 Å². The van der Waals surface area contributed by atoms with Gasteiger partial charge in [0, 0.05) is 21.9 Å². The lowest BCUT2D eigenvalue weighted by molar-refractivity contribution is -0.128. The fourth-order valence-electron chi connectivity index (χ4n) is 1.83. The number of pyridine rings is 1. The van der Waals surface area contributed by atoms with Gasteiger partial charge in [-0.3, -0.25) is 0 Å². The summed E-state index contributed by atoms with van der Waals surface area (Å²) >= 11 is 3.29. The third kappa shape index (κ3) is 3.11. The Morgan fingerprint density at radius 1 is 1.37 bits per heavy atom. The van der Waals surface area contributed by atoms with E-state index in [0.29, 0.717) is 9.99 Å². The van der Waals surface area contributed by atoms with Crippen LogP contribution in [0.1, 0.15) is 11.3 Å². The van der Waals surface area contributed by atoms with Gasteiger partial charge in [-0.25, -0.2) is 0 Å². The van der Waals surface area contributed by atoms with Gasteiger partial charge in [0.25, 0.3) is 0 Å². The van der Waals surface area contributed by atoms with Crippen LogP contribution in [-0.4, -0.2) is 22.3 Å². The summed E-state index contributed by atoms with van der Waals surface area (Å²) < 4.78 is 40.0. The van der Waals surface area contributed by atoms with Gasteiger partial charge in [0.05, 0.1) is 11.9 Å². The zero-order valence-corrected chi connectivity index (χ0v) is 11.2. The molecule has 0 aromatic carbocycles. The van der Waals surface area contributed by atoms with Crippen LogP contribution < -0.4 is 0 Å². The van der Waals surface area contributed by atoms with Crippen molar-refractivity contribution in [1.29, 1.82) is 0 Å². The molecule has 19 heavy (non-hydrogen) atoms. The van der Waals surface area contributed by atoms with Gasteiger partial charge in [0.15, 0.2) is 0 Å². The number of nitrogens with zero attached hydrogens (tertiary/aromatic N) is 1. The van der Waals surface area contributed by atoms with Gasteiger partial charge in [-0.15, -0.1) is 0 Å². The normalized spacial score (nSPS) is 11.4. The number of rotatable bonds is 1. The minimum absolute atomic E-state index is 0.0738. The van der Waals surface area contributed by atoms with Gasteiger partial charge >= 0.3 is 6.18 Å². The standard InChI is InChI=1S/C13H9BrF3NO/c14-10-4-1-5-18-11(10)7-9(3-2-6-19)12(18)8-13(15,16)17/h1,4-5,7,19H,6,8H2. The second-order valence-electron chi connectivity index (χ2n) is 3.87. The van der Waals surface area contributed by atoms with Gasteiger partial charge in [-0.05, 0) is 34.1 Å². The van der Waals surface area contributed by atoms with Crippen molar-refractivity contribution in [3.63, 3.8) is 0 Å². The van der Waals surface area contributed by atoms with Gasteiger partial charge < -0.3 is 9.51 Å². The van der Waals surface area contributed by atoms with E-state index in [1.807, 2.05) is 0 Å². The van der Waals surface area contributed by atoms with Crippen LogP contribution in [0.25, 0.3) is 5.52 Å². The van der Waals surface area contributed by atoms with Crippen molar-refractivity contribution in [2.75, 3.05) is 6.61 Å². The van der Waals surface area contributed by atoms with Crippen molar-refractivity contribution in [1.82, 2.24) is 4.40 Å². The summed E-state index contributed by atoms with van der Waals surface area (Å²) in [5, 5.41) is 8.67. The molecule has 2 nitrogen and oxygen atoms in total. The van der Waals surface area contributed by atoms with E-state index in [0.717, 1.165) is 0 Å². The molecule has 0 aliphatic carbocycles. The van der Waals surface area contributed by atoms with Crippen molar-refractivity contribution >= 4 is 21.4 Å². The first kappa shape index (κ1) is 14.0. The van der Waals surface area contributed by atoms with Crippen LogP contribution in [0.2, 0.25) is 0 Å². The first-order chi connectivity index (χ1) is 8.92. The quantitative estimate of drug-likeness (QED) is 0.798. The van der Waals surface area contributed by atoms with E-state index in [-0.39, 0.29) is 11.3 Å². The number of alkyl halides is 3. The van der Waals surface area contributed by atoms with Crippen LogP contribution in [0.4, 0.5) is 13.2 Å². The van der Waals surface area contributed by atoms with Crippen LogP contribution in [0.3, 0.4) is 0 Å². The summed E-state index contributed by atoms with van der Waals surface area (Å²) in [6.07, 6.45) is -3.81. The van der Waals surface area contributed by atoms with Crippen molar-refractivity contribution in [2.45, 2.75) is 12.6 Å². The molecule has 0 atom stereocenters. The van der Waals surface area contributed by atoms with Gasteiger partial charge in [-0.1, -0.05) is 11.8 Å². The lowest BCUT2D eigenvalue weighted by atomic mass is 10.2. The highest BCUT2D eigenvalue weighted by molar-refractivity contribution is 9.10. The van der Waals surface area contributed by atoms with Gasteiger partial charge in [0.1, 0.15) is 6.61 Å². The first-order valence-electron chi connectivity index (χ1n) is 5.37. The minimum atomic E-state index is -4.31. The fourth-order valence-corrected chi connectivity index (χ4v) is 2.29. The first-order valence-corrected chi connectivity index (χ1v) is 6.16. The largest absolute Gasteiger partial charge is 0.394 e. The molecule has 0 unspecified atom stereocenters. The highest BCUT2D eigenvalue weighted by Crippen LogP contribution is 2.28. The summed E-state index contributed by atoms with van der Waals surface area (Å²) in [5.74, 6) is 4.94. The molecule has 6 heteroatoms. The van der Waals surface area contributed by atoms with Crippen LogP contribution in [-0.2, 0) is 6.42 Å². The molecule has 0 saturated heterocycles. The predicted octanol–water partition coefficient (Wildman–Crippen LogP) is 3.15. The molecule has 2 rings (SSSR count). The van der Waals surface area contributed by atoms with Crippen molar-refractivity contribution in [3.05, 3.63) is 40.1 Å². The lowest BCUT2D eigenvalue weighted by Gasteiger charge is -2.08. The van der Waals surface area contributed by atoms with Crippen LogP contribution >= 0.6 is 15.9 Å². The summed E-state index contributed by atoms with van der Waals surface area (Å²) in [5.41, 5.74) is 0.965. The molecule has 0 saturated carbocycles. The Balaban J connectivity index is 2.65. The molecule has 0 aliphatic rings. The highest BCUT2D eigenvalue weighted by Gasteiger charge is 2.30. The monoisotopic (exact) mass is 331 g/mol. The fraction of sp³-hybridized carbons (Fsp3) is 0.231. The molecule has 0 amide bonds. The molecule has 2 aromatic heterocycles. The van der Waals surface area contributed by atoms with E-state index in [1.54, 1.807) is 24.4 Å². The third-order valence-electron chi connectivity index (χ3n) is 2.53. The maximum atomic E-state index is 12.6. The van der Waals surface area contributed by atoms with E-state index in [2.05, 4.69) is 27.8 Å². The molecule has 0 aliphatic heterocycles.